The molecule has 2 rings (SSSR count). The molecule has 8 nitrogen and oxygen atoms in total. The number of aliphatic hydroxyl groups excluding tert-OH is 2. The number of hydrogen-bond donors (Lipinski definition) is 2. The van der Waals surface area contributed by atoms with E-state index in [1.807, 2.05) is 30.3 Å². The minimum absolute atomic E-state index is 0.0473. The topological polar surface area (TPSA) is 119 Å². The fourth-order valence-corrected chi connectivity index (χ4v) is 2.17. The molecule has 1 heterocycles. The Bertz CT molecular complexity index is 520. The zero-order valence-corrected chi connectivity index (χ0v) is 11.2. The first-order valence-electron chi connectivity index (χ1n) is 6.47. The predicted octanol–water partition coefficient (Wildman–Crippen LogP) is 1.04. The van der Waals surface area contributed by atoms with E-state index >= 15 is 0 Å². The Morgan fingerprint density at radius 3 is 2.52 bits per heavy atom. The number of hydrogen-bond acceptors (Lipinski definition) is 5. The molecule has 1 saturated heterocycles. The van der Waals surface area contributed by atoms with Gasteiger partial charge in [0.05, 0.1) is 31.3 Å². The molecule has 0 radical (unpaired) electrons. The van der Waals surface area contributed by atoms with Gasteiger partial charge in [-0.2, -0.15) is 0 Å². The summed E-state index contributed by atoms with van der Waals surface area (Å²) < 4.78 is 5.12. The molecule has 1 fully saturated rings. The second-order valence-corrected chi connectivity index (χ2v) is 4.78. The molecule has 2 atom stereocenters. The molecule has 21 heavy (non-hydrogen) atoms. The van der Waals surface area contributed by atoms with Crippen LogP contribution in [0.5, 0.6) is 0 Å². The maximum Gasteiger partial charge on any atom is 0.410 e. The minimum Gasteiger partial charge on any atom is -0.445 e. The average molecular weight is 292 g/mol. The molecule has 0 spiro atoms. The molecule has 1 aromatic rings. The van der Waals surface area contributed by atoms with Crippen molar-refractivity contribution < 1.29 is 19.7 Å². The van der Waals surface area contributed by atoms with Gasteiger partial charge in [0.25, 0.3) is 0 Å². The minimum atomic E-state index is -1.12. The van der Waals surface area contributed by atoms with Crippen molar-refractivity contribution in [3.8, 4) is 0 Å². The number of azide groups is 1. The lowest BCUT2D eigenvalue weighted by Crippen LogP contribution is -2.56. The van der Waals surface area contributed by atoms with Crippen molar-refractivity contribution in [1.82, 2.24) is 4.90 Å². The Kier molecular flexibility index (Phi) is 4.99. The van der Waals surface area contributed by atoms with E-state index in [0.717, 1.165) is 5.56 Å². The summed E-state index contributed by atoms with van der Waals surface area (Å²) >= 11 is 0. The summed E-state index contributed by atoms with van der Waals surface area (Å²) in [6.07, 6.45) is -2.86. The van der Waals surface area contributed by atoms with Gasteiger partial charge in [-0.3, -0.25) is 0 Å². The molecule has 112 valence electrons. The Hall–Kier alpha value is -2.28. The summed E-state index contributed by atoms with van der Waals surface area (Å²) in [6.45, 7) is 0.0187. The third kappa shape index (κ3) is 3.85. The number of carbonyl (C=O) groups excluding carboxylic acids is 1. The fourth-order valence-electron chi connectivity index (χ4n) is 2.17. The highest BCUT2D eigenvalue weighted by Gasteiger charge is 2.36. The van der Waals surface area contributed by atoms with E-state index < -0.39 is 24.3 Å². The van der Waals surface area contributed by atoms with E-state index in [-0.39, 0.29) is 19.7 Å². The van der Waals surface area contributed by atoms with Crippen LogP contribution in [-0.4, -0.2) is 52.5 Å². The monoisotopic (exact) mass is 292 g/mol. The number of carbonyl (C=O) groups is 1. The molecule has 0 aliphatic carbocycles. The molecule has 2 unspecified atom stereocenters. The number of aliphatic hydroxyl groups is 2. The molecule has 0 aromatic heterocycles. The third-order valence-corrected chi connectivity index (χ3v) is 3.25. The van der Waals surface area contributed by atoms with Gasteiger partial charge in [0, 0.05) is 4.91 Å². The average Bonchev–Trinajstić information content (AvgIpc) is 2.49. The molecule has 1 amide bonds. The lowest BCUT2D eigenvalue weighted by atomic mass is 10.0. The normalized spacial score (nSPS) is 25.0. The summed E-state index contributed by atoms with van der Waals surface area (Å²) in [5, 5.41) is 22.9. The molecule has 1 aliphatic rings. The van der Waals surface area contributed by atoms with Gasteiger partial charge in [0.1, 0.15) is 6.61 Å². The highest BCUT2D eigenvalue weighted by molar-refractivity contribution is 5.68. The molecular formula is C13H16N4O4. The summed E-state index contributed by atoms with van der Waals surface area (Å²) in [6, 6.07) is 8.23. The van der Waals surface area contributed by atoms with Crippen LogP contribution in [0.2, 0.25) is 0 Å². The smallest absolute Gasteiger partial charge is 0.410 e. The Morgan fingerprint density at radius 2 is 1.95 bits per heavy atom. The lowest BCUT2D eigenvalue weighted by Gasteiger charge is -2.36. The number of benzene rings is 1. The first kappa shape index (κ1) is 15.1. The van der Waals surface area contributed by atoms with Gasteiger partial charge in [0.2, 0.25) is 0 Å². The number of ether oxygens (including phenoxy) is 1. The summed E-state index contributed by atoms with van der Waals surface area (Å²) in [7, 11) is 0. The van der Waals surface area contributed by atoms with Crippen LogP contribution in [0.1, 0.15) is 5.56 Å². The molecule has 2 N–H and O–H groups in total. The van der Waals surface area contributed by atoms with E-state index in [9.17, 15) is 15.0 Å². The van der Waals surface area contributed by atoms with Crippen LogP contribution in [0.15, 0.2) is 35.4 Å². The van der Waals surface area contributed by atoms with Gasteiger partial charge < -0.3 is 19.8 Å². The number of likely N-dealkylation sites (tertiary alicyclic amines) is 1. The van der Waals surface area contributed by atoms with Crippen molar-refractivity contribution in [2.75, 3.05) is 13.1 Å². The number of β-amino-alcohol motifs (C(OH)–C–C–N with tert-alkyl or cyclic N) is 2. The van der Waals surface area contributed by atoms with Crippen LogP contribution in [0.4, 0.5) is 4.79 Å². The van der Waals surface area contributed by atoms with Crippen molar-refractivity contribution in [3.05, 3.63) is 46.3 Å². The van der Waals surface area contributed by atoms with Crippen LogP contribution >= 0.6 is 0 Å². The second kappa shape index (κ2) is 6.94. The van der Waals surface area contributed by atoms with E-state index in [0.29, 0.717) is 0 Å². The van der Waals surface area contributed by atoms with E-state index in [1.54, 1.807) is 0 Å². The van der Waals surface area contributed by atoms with Gasteiger partial charge in [0.15, 0.2) is 0 Å². The Morgan fingerprint density at radius 1 is 1.33 bits per heavy atom. The number of rotatable bonds is 3. The van der Waals surface area contributed by atoms with Gasteiger partial charge >= 0.3 is 6.09 Å². The molecular weight excluding hydrogens is 276 g/mol. The highest BCUT2D eigenvalue weighted by atomic mass is 16.6. The number of nitrogens with zero attached hydrogens (tertiary/aromatic N) is 4. The van der Waals surface area contributed by atoms with Crippen molar-refractivity contribution in [2.45, 2.75) is 24.9 Å². The maximum atomic E-state index is 11.9. The van der Waals surface area contributed by atoms with E-state index in [2.05, 4.69) is 10.0 Å². The SMILES string of the molecule is [N-]=[N+]=NC1C(O)CN(C(=O)OCc2ccccc2)CC1O. The van der Waals surface area contributed by atoms with Gasteiger partial charge in [-0.05, 0) is 11.1 Å². The molecule has 0 saturated carbocycles. The number of amides is 1. The van der Waals surface area contributed by atoms with Crippen LogP contribution in [0.3, 0.4) is 0 Å². The molecule has 1 aliphatic heterocycles. The summed E-state index contributed by atoms with van der Waals surface area (Å²) in [5.41, 5.74) is 9.21. The van der Waals surface area contributed by atoms with Crippen LogP contribution in [0.25, 0.3) is 10.4 Å². The second-order valence-electron chi connectivity index (χ2n) is 4.78. The lowest BCUT2D eigenvalue weighted by molar-refractivity contribution is -0.0262. The first-order valence-corrected chi connectivity index (χ1v) is 6.47. The van der Waals surface area contributed by atoms with Crippen LogP contribution < -0.4 is 0 Å². The summed E-state index contributed by atoms with van der Waals surface area (Å²) in [5.74, 6) is 0. The first-order chi connectivity index (χ1) is 10.1. The van der Waals surface area contributed by atoms with Gasteiger partial charge in [-0.15, -0.1) is 0 Å². The van der Waals surface area contributed by atoms with Crippen molar-refractivity contribution >= 4 is 6.09 Å². The summed E-state index contributed by atoms with van der Waals surface area (Å²) in [4.78, 5) is 15.7. The third-order valence-electron chi connectivity index (χ3n) is 3.25. The highest BCUT2D eigenvalue weighted by Crippen LogP contribution is 2.16. The molecule has 1 aromatic carbocycles. The zero-order chi connectivity index (χ0) is 15.2. The van der Waals surface area contributed by atoms with Gasteiger partial charge in [-0.25, -0.2) is 4.79 Å². The largest absolute Gasteiger partial charge is 0.445 e. The number of piperidine rings is 1. The van der Waals surface area contributed by atoms with Crippen molar-refractivity contribution in [3.63, 3.8) is 0 Å². The quantitative estimate of drug-likeness (QED) is 0.491. The Labute approximate surface area is 121 Å². The Balaban J connectivity index is 1.90. The fraction of sp³-hybridized carbons (Fsp3) is 0.462. The maximum absolute atomic E-state index is 11.9. The van der Waals surface area contributed by atoms with E-state index in [1.165, 1.54) is 4.90 Å². The molecule has 0 bridgehead atoms. The predicted molar refractivity (Wildman–Crippen MR) is 73.1 cm³/mol. The van der Waals surface area contributed by atoms with Crippen LogP contribution in [0, 0.1) is 0 Å². The molecule has 8 heteroatoms. The van der Waals surface area contributed by atoms with Crippen molar-refractivity contribution in [2.24, 2.45) is 5.11 Å². The zero-order valence-electron chi connectivity index (χ0n) is 11.2. The van der Waals surface area contributed by atoms with Gasteiger partial charge in [-0.1, -0.05) is 35.4 Å². The van der Waals surface area contributed by atoms with Crippen molar-refractivity contribution in [1.29, 1.82) is 0 Å². The van der Waals surface area contributed by atoms with Crippen LogP contribution in [-0.2, 0) is 11.3 Å². The van der Waals surface area contributed by atoms with E-state index in [4.69, 9.17) is 10.3 Å². The standard InChI is InChI=1S/C13H16N4O4/c14-16-15-12-10(18)6-17(7-11(12)19)13(20)21-8-9-4-2-1-3-5-9/h1-5,10-12,18-19H,6-8H2.